The van der Waals surface area contributed by atoms with Gasteiger partial charge in [-0.15, -0.1) is 0 Å². The van der Waals surface area contributed by atoms with Crippen molar-refractivity contribution in [3.05, 3.63) is 77.4 Å². The van der Waals surface area contributed by atoms with E-state index in [1.165, 1.54) is 30.6 Å². The van der Waals surface area contributed by atoms with Gasteiger partial charge >= 0.3 is 5.97 Å². The number of aliphatic hydroxyl groups excluding tert-OH is 1. The first-order valence-corrected chi connectivity index (χ1v) is 10.6. The van der Waals surface area contributed by atoms with E-state index in [2.05, 4.69) is 25.2 Å². The van der Waals surface area contributed by atoms with Crippen LogP contribution in [0.4, 0.5) is 0 Å². The van der Waals surface area contributed by atoms with E-state index in [1.807, 2.05) is 25.2 Å². The molecule has 1 aromatic rings. The monoisotopic (exact) mass is 428 g/mol. The van der Waals surface area contributed by atoms with Gasteiger partial charge in [-0.2, -0.15) is 0 Å². The summed E-state index contributed by atoms with van der Waals surface area (Å²) >= 11 is 0. The summed E-state index contributed by atoms with van der Waals surface area (Å²) in [5, 5.41) is 16.4. The van der Waals surface area contributed by atoms with Crippen LogP contribution in [0.25, 0.3) is 0 Å². The predicted molar refractivity (Wildman–Crippen MR) is 126 cm³/mol. The number of hydrogen-bond donors (Lipinski definition) is 2. The number of unbranched alkanes of at least 4 members (excludes halogenated alkanes) is 1. The molecule has 0 amide bonds. The molecule has 0 saturated heterocycles. The Bertz CT molecular complexity index is 757. The fraction of sp³-hybridized carbons (Fsp3) is 0.385. The van der Waals surface area contributed by atoms with Gasteiger partial charge in [0.05, 0.1) is 12.2 Å². The Hall–Kier alpha value is -2.92. The standard InChI is InChI=1S/C18H22O4.C7H10.CH4O/c1-2-15-14-16(20)10-11-17(15)18(21)22-13-9-7-5-3-4-6-8-12-19;1-7-5-3-2-4-6-7;1-2/h5-8,10-12,14,20H,2-4,9,13H2,1H3;3,5-6H,2,4H2,1H3;2H,1H3/b7-5+,8-6+;;. The lowest BCUT2D eigenvalue weighted by atomic mass is 10.1. The number of phenolic OH excluding ortho intramolecular Hbond substituents is 1. The van der Waals surface area contributed by atoms with Gasteiger partial charge in [-0.1, -0.05) is 49.0 Å². The minimum Gasteiger partial charge on any atom is -0.508 e. The van der Waals surface area contributed by atoms with Crippen molar-refractivity contribution >= 4 is 12.3 Å². The van der Waals surface area contributed by atoms with E-state index in [1.54, 1.807) is 12.1 Å². The van der Waals surface area contributed by atoms with Crippen molar-refractivity contribution < 1.29 is 24.5 Å². The average Bonchev–Trinajstić information content (AvgIpc) is 2.80. The van der Waals surface area contributed by atoms with Crippen LogP contribution in [0.2, 0.25) is 0 Å². The summed E-state index contributed by atoms with van der Waals surface area (Å²) in [5.74, 6) is -0.209. The van der Waals surface area contributed by atoms with Crippen LogP contribution in [-0.4, -0.2) is 36.2 Å². The Balaban J connectivity index is 0.000000831. The van der Waals surface area contributed by atoms with Crippen molar-refractivity contribution in [3.63, 3.8) is 0 Å². The first kappa shape index (κ1) is 28.1. The molecule has 1 aliphatic carbocycles. The van der Waals surface area contributed by atoms with Crippen LogP contribution in [0.15, 0.2) is 66.3 Å². The van der Waals surface area contributed by atoms with Crippen LogP contribution in [0.5, 0.6) is 5.75 Å². The summed E-state index contributed by atoms with van der Waals surface area (Å²) in [6.07, 6.45) is 20.1. The Labute approximate surface area is 186 Å². The quantitative estimate of drug-likeness (QED) is 0.179. The van der Waals surface area contributed by atoms with Crippen LogP contribution in [-0.2, 0) is 16.0 Å². The minimum atomic E-state index is -0.362. The van der Waals surface area contributed by atoms with E-state index < -0.39 is 0 Å². The molecule has 5 heteroatoms. The summed E-state index contributed by atoms with van der Waals surface area (Å²) in [7, 11) is 1.00. The summed E-state index contributed by atoms with van der Waals surface area (Å²) in [6.45, 7) is 4.38. The number of rotatable bonds is 9. The second-order valence-electron chi connectivity index (χ2n) is 6.66. The molecule has 0 atom stereocenters. The van der Waals surface area contributed by atoms with Gasteiger partial charge in [0.1, 0.15) is 12.0 Å². The number of aliphatic hydroxyl groups is 1. The Morgan fingerprint density at radius 2 is 1.81 bits per heavy atom. The van der Waals surface area contributed by atoms with E-state index in [0.717, 1.165) is 31.8 Å². The van der Waals surface area contributed by atoms with Gasteiger partial charge in [0.25, 0.3) is 0 Å². The molecule has 0 bridgehead atoms. The lowest BCUT2D eigenvalue weighted by Crippen LogP contribution is -2.08. The summed E-state index contributed by atoms with van der Waals surface area (Å²) in [6, 6.07) is 4.66. The Kier molecular flexibility index (Phi) is 17.3. The molecule has 0 spiro atoms. The van der Waals surface area contributed by atoms with E-state index >= 15 is 0 Å². The molecule has 1 aromatic carbocycles. The molecule has 5 nitrogen and oxygen atoms in total. The lowest BCUT2D eigenvalue weighted by Gasteiger charge is -2.08. The highest BCUT2D eigenvalue weighted by atomic mass is 16.5. The SMILES string of the molecule is CC1=CCCC=C1.CCc1cc(O)ccc1C(=O)OCC/C=C/CC/C=C/C=O.CO. The fourth-order valence-electron chi connectivity index (χ4n) is 2.69. The molecule has 170 valence electrons. The van der Waals surface area contributed by atoms with Crippen molar-refractivity contribution in [3.8, 4) is 5.75 Å². The molecule has 0 aromatic heterocycles. The molecule has 2 rings (SSSR count). The van der Waals surface area contributed by atoms with Gasteiger partial charge in [0.2, 0.25) is 0 Å². The van der Waals surface area contributed by atoms with Crippen LogP contribution >= 0.6 is 0 Å². The van der Waals surface area contributed by atoms with Gasteiger partial charge in [-0.25, -0.2) is 4.79 Å². The van der Waals surface area contributed by atoms with E-state index in [-0.39, 0.29) is 11.7 Å². The van der Waals surface area contributed by atoms with Gasteiger partial charge in [0, 0.05) is 7.11 Å². The topological polar surface area (TPSA) is 83.8 Å². The first-order valence-electron chi connectivity index (χ1n) is 10.6. The number of aromatic hydroxyl groups is 1. The fourth-order valence-corrected chi connectivity index (χ4v) is 2.69. The third-order valence-corrected chi connectivity index (χ3v) is 4.27. The van der Waals surface area contributed by atoms with Gasteiger partial charge in [-0.05, 0) is 75.3 Å². The van der Waals surface area contributed by atoms with E-state index in [4.69, 9.17) is 9.84 Å². The minimum absolute atomic E-state index is 0.153. The zero-order valence-corrected chi connectivity index (χ0v) is 18.9. The van der Waals surface area contributed by atoms with Crippen molar-refractivity contribution in [2.24, 2.45) is 0 Å². The molecular weight excluding hydrogens is 392 g/mol. The summed E-state index contributed by atoms with van der Waals surface area (Å²) < 4.78 is 5.22. The molecule has 2 N–H and O–H groups in total. The lowest BCUT2D eigenvalue weighted by molar-refractivity contribution is -0.104. The number of phenols is 1. The number of allylic oxidation sites excluding steroid dienone is 7. The molecule has 0 radical (unpaired) electrons. The van der Waals surface area contributed by atoms with Crippen molar-refractivity contribution in [1.82, 2.24) is 0 Å². The molecule has 0 saturated carbocycles. The average molecular weight is 429 g/mol. The number of carbonyl (C=O) groups excluding carboxylic acids is 2. The second kappa shape index (κ2) is 19.1. The highest BCUT2D eigenvalue weighted by Crippen LogP contribution is 2.18. The van der Waals surface area contributed by atoms with Crippen LogP contribution < -0.4 is 0 Å². The Morgan fingerprint density at radius 3 is 2.39 bits per heavy atom. The highest BCUT2D eigenvalue weighted by Gasteiger charge is 2.11. The molecule has 0 fully saturated rings. The highest BCUT2D eigenvalue weighted by molar-refractivity contribution is 5.91. The van der Waals surface area contributed by atoms with Crippen molar-refractivity contribution in [2.45, 2.75) is 52.4 Å². The van der Waals surface area contributed by atoms with Crippen LogP contribution in [0, 0.1) is 0 Å². The number of hydrogen-bond acceptors (Lipinski definition) is 5. The molecular formula is C26H36O5. The number of carbonyl (C=O) groups is 2. The number of ether oxygens (including phenoxy) is 1. The maximum Gasteiger partial charge on any atom is 0.338 e. The maximum absolute atomic E-state index is 12.0. The summed E-state index contributed by atoms with van der Waals surface area (Å²) in [4.78, 5) is 22.0. The largest absolute Gasteiger partial charge is 0.508 e. The molecule has 1 aliphatic rings. The number of esters is 1. The maximum atomic E-state index is 12.0. The molecule has 0 unspecified atom stereocenters. The number of aldehydes is 1. The van der Waals surface area contributed by atoms with Crippen molar-refractivity contribution in [2.75, 3.05) is 13.7 Å². The smallest absolute Gasteiger partial charge is 0.338 e. The third kappa shape index (κ3) is 13.8. The third-order valence-electron chi connectivity index (χ3n) is 4.27. The van der Waals surface area contributed by atoms with E-state index in [0.29, 0.717) is 25.0 Å². The first-order chi connectivity index (χ1) is 15.1. The van der Waals surface area contributed by atoms with E-state index in [9.17, 15) is 14.7 Å². The predicted octanol–water partition coefficient (Wildman–Crippen LogP) is 5.48. The number of benzene rings is 1. The van der Waals surface area contributed by atoms with Gasteiger partial charge < -0.3 is 14.9 Å². The zero-order valence-electron chi connectivity index (χ0n) is 18.9. The van der Waals surface area contributed by atoms with Gasteiger partial charge in [0.15, 0.2) is 0 Å². The molecule has 31 heavy (non-hydrogen) atoms. The van der Waals surface area contributed by atoms with Gasteiger partial charge in [-0.3, -0.25) is 4.79 Å². The normalized spacial score (nSPS) is 12.5. The number of aryl methyl sites for hydroxylation is 1. The molecule has 0 heterocycles. The van der Waals surface area contributed by atoms with Crippen LogP contribution in [0.1, 0.15) is 61.9 Å². The second-order valence-corrected chi connectivity index (χ2v) is 6.66. The van der Waals surface area contributed by atoms with Crippen LogP contribution in [0.3, 0.4) is 0 Å². The summed E-state index contributed by atoms with van der Waals surface area (Å²) in [5.41, 5.74) is 2.69. The molecule has 0 aliphatic heterocycles. The van der Waals surface area contributed by atoms with Crippen molar-refractivity contribution in [1.29, 1.82) is 0 Å². The Morgan fingerprint density at radius 1 is 1.10 bits per heavy atom. The zero-order chi connectivity index (χ0) is 23.3.